The van der Waals surface area contributed by atoms with Crippen LogP contribution in [-0.4, -0.2) is 17.4 Å². The molecule has 1 aromatic carbocycles. The predicted molar refractivity (Wildman–Crippen MR) is 97.6 cm³/mol. The Bertz CT molecular complexity index is 602. The maximum absolute atomic E-state index is 12.0. The fraction of sp³-hybridized carbons (Fsp3) is 0.550. The highest BCUT2D eigenvalue weighted by molar-refractivity contribution is 5.83. The molecule has 1 heterocycles. The van der Waals surface area contributed by atoms with Crippen LogP contribution in [0.15, 0.2) is 30.5 Å². The van der Waals surface area contributed by atoms with Crippen molar-refractivity contribution in [3.8, 4) is 0 Å². The van der Waals surface area contributed by atoms with Crippen LogP contribution in [0.3, 0.4) is 0 Å². The van der Waals surface area contributed by atoms with Gasteiger partial charge in [-0.15, -0.1) is 0 Å². The van der Waals surface area contributed by atoms with Crippen molar-refractivity contribution in [1.29, 1.82) is 0 Å². The smallest absolute Gasteiger partial charge is 0.220 e. The summed E-state index contributed by atoms with van der Waals surface area (Å²) in [6.07, 6.45) is 9.40. The fourth-order valence-electron chi connectivity index (χ4n) is 3.07. The number of rotatable bonds is 10. The third-order valence-electron chi connectivity index (χ3n) is 4.66. The third kappa shape index (κ3) is 5.42. The lowest BCUT2D eigenvalue weighted by Crippen LogP contribution is -2.29. The van der Waals surface area contributed by atoms with Crippen LogP contribution < -0.4 is 5.32 Å². The molecular weight excluding hydrogens is 284 g/mol. The van der Waals surface area contributed by atoms with Gasteiger partial charge in [-0.05, 0) is 36.8 Å². The Morgan fingerprint density at radius 3 is 2.83 bits per heavy atom. The molecule has 0 fully saturated rings. The van der Waals surface area contributed by atoms with Crippen LogP contribution in [-0.2, 0) is 11.2 Å². The molecule has 2 rings (SSSR count). The van der Waals surface area contributed by atoms with Gasteiger partial charge in [-0.25, -0.2) is 0 Å². The van der Waals surface area contributed by atoms with E-state index in [1.54, 1.807) is 0 Å². The van der Waals surface area contributed by atoms with Crippen molar-refractivity contribution in [1.82, 2.24) is 10.3 Å². The minimum atomic E-state index is 0.194. The zero-order valence-corrected chi connectivity index (χ0v) is 14.5. The highest BCUT2D eigenvalue weighted by Gasteiger charge is 2.09. The zero-order chi connectivity index (χ0) is 16.5. The van der Waals surface area contributed by atoms with Crippen molar-refractivity contribution in [2.45, 2.75) is 58.8 Å². The van der Waals surface area contributed by atoms with Gasteiger partial charge in [0.05, 0.1) is 0 Å². The molecule has 0 aliphatic rings. The number of benzene rings is 1. The van der Waals surface area contributed by atoms with Crippen LogP contribution >= 0.6 is 0 Å². The van der Waals surface area contributed by atoms with E-state index in [4.69, 9.17) is 0 Å². The molecule has 0 radical (unpaired) electrons. The van der Waals surface area contributed by atoms with Crippen LogP contribution in [0.1, 0.15) is 57.9 Å². The summed E-state index contributed by atoms with van der Waals surface area (Å²) in [5.41, 5.74) is 2.48. The first-order valence-electron chi connectivity index (χ1n) is 9.06. The first kappa shape index (κ1) is 17.6. The summed E-state index contributed by atoms with van der Waals surface area (Å²) in [5, 5.41) is 4.39. The molecule has 3 nitrogen and oxygen atoms in total. The van der Waals surface area contributed by atoms with Gasteiger partial charge in [0, 0.05) is 30.1 Å². The topological polar surface area (TPSA) is 44.9 Å². The van der Waals surface area contributed by atoms with Crippen molar-refractivity contribution in [3.05, 3.63) is 36.0 Å². The second-order valence-electron chi connectivity index (χ2n) is 6.43. The highest BCUT2D eigenvalue weighted by Crippen LogP contribution is 2.19. The maximum atomic E-state index is 12.0. The van der Waals surface area contributed by atoms with Crippen molar-refractivity contribution in [2.24, 2.45) is 5.92 Å². The molecule has 3 heteroatoms. The number of unbranched alkanes of at least 4 members (excludes halogenated alkanes) is 1. The van der Waals surface area contributed by atoms with Gasteiger partial charge in [0.2, 0.25) is 5.91 Å². The molecule has 1 atom stereocenters. The lowest BCUT2D eigenvalue weighted by atomic mass is 9.99. The fourth-order valence-corrected chi connectivity index (χ4v) is 3.07. The molecule has 0 saturated heterocycles. The molecule has 23 heavy (non-hydrogen) atoms. The number of nitrogens with one attached hydrogen (secondary N) is 2. The largest absolute Gasteiger partial charge is 0.361 e. The summed E-state index contributed by atoms with van der Waals surface area (Å²) in [4.78, 5) is 15.3. The summed E-state index contributed by atoms with van der Waals surface area (Å²) < 4.78 is 0. The number of amides is 1. The first-order chi connectivity index (χ1) is 11.2. The second kappa shape index (κ2) is 9.39. The molecule has 1 amide bonds. The minimum absolute atomic E-state index is 0.194. The Hall–Kier alpha value is -1.77. The second-order valence-corrected chi connectivity index (χ2v) is 6.43. The average Bonchev–Trinajstić information content (AvgIpc) is 2.98. The van der Waals surface area contributed by atoms with Gasteiger partial charge in [0.25, 0.3) is 0 Å². The van der Waals surface area contributed by atoms with E-state index in [2.05, 4.69) is 48.5 Å². The summed E-state index contributed by atoms with van der Waals surface area (Å²) in [5.74, 6) is 0.826. The summed E-state index contributed by atoms with van der Waals surface area (Å²) in [7, 11) is 0. The number of para-hydroxylation sites is 1. The Kier molecular flexibility index (Phi) is 7.18. The molecule has 2 N–H and O–H groups in total. The van der Waals surface area contributed by atoms with Crippen LogP contribution in [0.2, 0.25) is 0 Å². The number of aromatic nitrogens is 1. The number of carbonyl (C=O) groups is 1. The first-order valence-corrected chi connectivity index (χ1v) is 9.06. The van der Waals surface area contributed by atoms with E-state index < -0.39 is 0 Å². The van der Waals surface area contributed by atoms with Gasteiger partial charge < -0.3 is 10.3 Å². The quantitative estimate of drug-likeness (QED) is 0.648. The lowest BCUT2D eigenvalue weighted by Gasteiger charge is -2.15. The van der Waals surface area contributed by atoms with E-state index in [0.29, 0.717) is 12.3 Å². The van der Waals surface area contributed by atoms with Gasteiger partial charge >= 0.3 is 0 Å². The molecule has 2 aromatic rings. The van der Waals surface area contributed by atoms with Crippen LogP contribution in [0.5, 0.6) is 0 Å². The standard InChI is InChI=1S/C20H30N2O/c1-3-5-9-16(4-2)14-22-20(23)13-8-10-17-15-21-19-12-7-6-11-18(17)19/h6-7,11-12,15-16,21H,3-5,8-10,13-14H2,1-2H3,(H,22,23)/t16-/m0/s1. The van der Waals surface area contributed by atoms with Crippen molar-refractivity contribution in [3.63, 3.8) is 0 Å². The summed E-state index contributed by atoms with van der Waals surface area (Å²) in [6.45, 7) is 5.27. The van der Waals surface area contributed by atoms with Crippen LogP contribution in [0.4, 0.5) is 0 Å². The van der Waals surface area contributed by atoms with Gasteiger partial charge in [0.15, 0.2) is 0 Å². The number of carbonyl (C=O) groups excluding carboxylic acids is 1. The normalized spacial score (nSPS) is 12.4. The van der Waals surface area contributed by atoms with E-state index >= 15 is 0 Å². The number of aromatic amines is 1. The van der Waals surface area contributed by atoms with Crippen molar-refractivity contribution < 1.29 is 4.79 Å². The molecule has 0 unspecified atom stereocenters. The number of fused-ring (bicyclic) bond motifs is 1. The molecule has 0 aliphatic carbocycles. The van der Waals surface area contributed by atoms with Gasteiger partial charge in [-0.1, -0.05) is 51.3 Å². The molecule has 126 valence electrons. The Morgan fingerprint density at radius 2 is 2.04 bits per heavy atom. The Balaban J connectivity index is 1.70. The van der Waals surface area contributed by atoms with E-state index in [0.717, 1.165) is 25.8 Å². The zero-order valence-electron chi connectivity index (χ0n) is 14.5. The van der Waals surface area contributed by atoms with E-state index in [1.165, 1.54) is 35.7 Å². The predicted octanol–water partition coefficient (Wildman–Crippen LogP) is 4.82. The van der Waals surface area contributed by atoms with Gasteiger partial charge in [-0.2, -0.15) is 0 Å². The van der Waals surface area contributed by atoms with Crippen LogP contribution in [0.25, 0.3) is 10.9 Å². The SMILES string of the molecule is CCCC[C@H](CC)CNC(=O)CCCc1c[nH]c2ccccc12. The number of hydrogen-bond acceptors (Lipinski definition) is 1. The minimum Gasteiger partial charge on any atom is -0.361 e. The monoisotopic (exact) mass is 314 g/mol. The highest BCUT2D eigenvalue weighted by atomic mass is 16.1. The number of hydrogen-bond donors (Lipinski definition) is 2. The third-order valence-corrected chi connectivity index (χ3v) is 4.66. The lowest BCUT2D eigenvalue weighted by molar-refractivity contribution is -0.121. The Morgan fingerprint density at radius 1 is 1.22 bits per heavy atom. The number of aryl methyl sites for hydroxylation is 1. The molecule has 0 bridgehead atoms. The number of H-pyrrole nitrogens is 1. The Labute approximate surface area is 139 Å². The van der Waals surface area contributed by atoms with Crippen molar-refractivity contribution in [2.75, 3.05) is 6.54 Å². The van der Waals surface area contributed by atoms with Crippen LogP contribution in [0, 0.1) is 5.92 Å². The molecule has 0 saturated carbocycles. The van der Waals surface area contributed by atoms with Crippen molar-refractivity contribution >= 4 is 16.8 Å². The van der Waals surface area contributed by atoms with E-state index in [-0.39, 0.29) is 5.91 Å². The molecule has 0 spiro atoms. The maximum Gasteiger partial charge on any atom is 0.220 e. The molecular formula is C20H30N2O. The summed E-state index contributed by atoms with van der Waals surface area (Å²) in [6, 6.07) is 8.33. The van der Waals surface area contributed by atoms with Gasteiger partial charge in [0.1, 0.15) is 0 Å². The summed E-state index contributed by atoms with van der Waals surface area (Å²) >= 11 is 0. The molecule has 0 aliphatic heterocycles. The van der Waals surface area contributed by atoms with Gasteiger partial charge in [-0.3, -0.25) is 4.79 Å². The average molecular weight is 314 g/mol. The van der Waals surface area contributed by atoms with E-state index in [9.17, 15) is 4.79 Å². The molecule has 1 aromatic heterocycles. The van der Waals surface area contributed by atoms with E-state index in [1.807, 2.05) is 6.07 Å².